The maximum absolute atomic E-state index is 11.3. The van der Waals surface area contributed by atoms with Crippen molar-refractivity contribution in [2.24, 2.45) is 0 Å². The number of benzene rings is 1. The molecule has 0 saturated carbocycles. The number of ether oxygens (including phenoxy) is 1. The normalized spacial score (nSPS) is 15.3. The lowest BCUT2D eigenvalue weighted by molar-refractivity contribution is 0.0692. The molecule has 1 aliphatic rings. The Morgan fingerprint density at radius 1 is 1.55 bits per heavy atom. The second-order valence-electron chi connectivity index (χ2n) is 4.55. The maximum atomic E-state index is 11.3. The molecule has 0 fully saturated rings. The van der Waals surface area contributed by atoms with Gasteiger partial charge in [-0.2, -0.15) is 0 Å². The number of anilines is 1. The highest BCUT2D eigenvalue weighted by molar-refractivity contribution is 7.09. The van der Waals surface area contributed by atoms with E-state index in [9.17, 15) is 9.90 Å². The third-order valence-corrected chi connectivity index (χ3v) is 4.33. The number of fused-ring (bicyclic) bond motifs is 1. The third-order valence-electron chi connectivity index (χ3n) is 3.39. The van der Waals surface area contributed by atoms with E-state index in [0.29, 0.717) is 12.4 Å². The number of aromatic nitrogens is 1. The minimum absolute atomic E-state index is 0.0988. The molecule has 0 aliphatic carbocycles. The van der Waals surface area contributed by atoms with E-state index >= 15 is 0 Å². The summed E-state index contributed by atoms with van der Waals surface area (Å²) in [7, 11) is 0. The van der Waals surface area contributed by atoms with Gasteiger partial charge in [-0.05, 0) is 19.1 Å². The van der Waals surface area contributed by atoms with Crippen molar-refractivity contribution in [3.05, 3.63) is 40.3 Å². The average Bonchev–Trinajstić information content (AvgIpc) is 2.99. The van der Waals surface area contributed by atoms with Crippen LogP contribution in [0, 0.1) is 0 Å². The number of carboxylic acids is 1. The summed E-state index contributed by atoms with van der Waals surface area (Å²) in [5.41, 5.74) is 1.03. The van der Waals surface area contributed by atoms with Crippen LogP contribution < -0.4 is 9.64 Å². The van der Waals surface area contributed by atoms with E-state index < -0.39 is 5.97 Å². The van der Waals surface area contributed by atoms with E-state index in [4.69, 9.17) is 4.74 Å². The van der Waals surface area contributed by atoms with Gasteiger partial charge < -0.3 is 14.7 Å². The lowest BCUT2D eigenvalue weighted by Gasteiger charge is -2.35. The highest BCUT2D eigenvalue weighted by Gasteiger charge is 2.28. The van der Waals surface area contributed by atoms with Gasteiger partial charge in [-0.3, -0.25) is 0 Å². The number of carbonyl (C=O) groups is 1. The molecule has 0 saturated heterocycles. The van der Waals surface area contributed by atoms with Crippen LogP contribution in [-0.4, -0.2) is 29.2 Å². The fourth-order valence-electron chi connectivity index (χ4n) is 2.41. The quantitative estimate of drug-likeness (QED) is 0.941. The smallest absolute Gasteiger partial charge is 0.339 e. The van der Waals surface area contributed by atoms with E-state index in [0.717, 1.165) is 17.2 Å². The summed E-state index contributed by atoms with van der Waals surface area (Å²) in [6.07, 6.45) is 1.78. The lowest BCUT2D eigenvalue weighted by atomic mass is 10.1. The van der Waals surface area contributed by atoms with Gasteiger partial charge in [-0.15, -0.1) is 11.3 Å². The summed E-state index contributed by atoms with van der Waals surface area (Å²) in [4.78, 5) is 17.8. The largest absolute Gasteiger partial charge is 0.489 e. The molecule has 0 spiro atoms. The molecule has 1 aromatic carbocycles. The maximum Gasteiger partial charge on any atom is 0.339 e. The fourth-order valence-corrected chi connectivity index (χ4v) is 3.12. The number of nitrogens with zero attached hydrogens (tertiary/aromatic N) is 2. The molecule has 0 amide bonds. The van der Waals surface area contributed by atoms with Gasteiger partial charge in [0.1, 0.15) is 17.2 Å². The van der Waals surface area contributed by atoms with Gasteiger partial charge in [-0.25, -0.2) is 9.78 Å². The first-order valence-electron chi connectivity index (χ1n) is 6.33. The number of carboxylic acid groups (broad SMARTS) is 1. The van der Waals surface area contributed by atoms with Crippen LogP contribution >= 0.6 is 11.3 Å². The summed E-state index contributed by atoms with van der Waals surface area (Å²) in [6, 6.07) is 5.31. The Morgan fingerprint density at radius 2 is 2.40 bits per heavy atom. The van der Waals surface area contributed by atoms with Crippen molar-refractivity contribution >= 4 is 23.0 Å². The van der Waals surface area contributed by atoms with Crippen LogP contribution in [0.5, 0.6) is 5.75 Å². The van der Waals surface area contributed by atoms with Crippen LogP contribution in [0.1, 0.15) is 28.3 Å². The molecule has 3 rings (SSSR count). The number of hydrogen-bond acceptors (Lipinski definition) is 5. The Morgan fingerprint density at radius 3 is 3.10 bits per heavy atom. The molecule has 1 aliphatic heterocycles. The van der Waals surface area contributed by atoms with E-state index in [2.05, 4.69) is 16.8 Å². The highest BCUT2D eigenvalue weighted by atomic mass is 32.1. The first kappa shape index (κ1) is 12.9. The van der Waals surface area contributed by atoms with Crippen LogP contribution in [0.25, 0.3) is 0 Å². The monoisotopic (exact) mass is 290 g/mol. The van der Waals surface area contributed by atoms with Gasteiger partial charge in [0.05, 0.1) is 18.3 Å². The molecular weight excluding hydrogens is 276 g/mol. The molecule has 2 heterocycles. The number of aromatic carboxylic acids is 1. The summed E-state index contributed by atoms with van der Waals surface area (Å²) in [6.45, 7) is 3.27. The Labute approximate surface area is 120 Å². The van der Waals surface area contributed by atoms with Crippen LogP contribution in [0.15, 0.2) is 29.8 Å². The Kier molecular flexibility index (Phi) is 3.31. The van der Waals surface area contributed by atoms with Crippen LogP contribution in [-0.2, 0) is 0 Å². The molecule has 2 aromatic rings. The highest BCUT2D eigenvalue weighted by Crippen LogP contribution is 2.39. The molecule has 20 heavy (non-hydrogen) atoms. The van der Waals surface area contributed by atoms with Crippen molar-refractivity contribution < 1.29 is 14.6 Å². The van der Waals surface area contributed by atoms with Crippen molar-refractivity contribution in [3.63, 3.8) is 0 Å². The van der Waals surface area contributed by atoms with E-state index in [-0.39, 0.29) is 11.6 Å². The zero-order chi connectivity index (χ0) is 14.1. The van der Waals surface area contributed by atoms with E-state index in [1.54, 1.807) is 29.7 Å². The minimum atomic E-state index is -0.967. The second-order valence-corrected chi connectivity index (χ2v) is 5.47. The van der Waals surface area contributed by atoms with Gasteiger partial charge in [-0.1, -0.05) is 6.07 Å². The van der Waals surface area contributed by atoms with Gasteiger partial charge >= 0.3 is 5.97 Å². The summed E-state index contributed by atoms with van der Waals surface area (Å²) >= 11 is 1.60. The zero-order valence-corrected chi connectivity index (χ0v) is 11.8. The van der Waals surface area contributed by atoms with Crippen molar-refractivity contribution in [1.82, 2.24) is 4.98 Å². The molecule has 1 N–H and O–H groups in total. The van der Waals surface area contributed by atoms with Crippen molar-refractivity contribution in [3.8, 4) is 5.75 Å². The van der Waals surface area contributed by atoms with Gasteiger partial charge in [0.2, 0.25) is 0 Å². The summed E-state index contributed by atoms with van der Waals surface area (Å²) in [5, 5.41) is 12.2. The van der Waals surface area contributed by atoms with Crippen LogP contribution in [0.4, 0.5) is 5.69 Å². The number of rotatable bonds is 3. The fraction of sp³-hybridized carbons (Fsp3) is 0.286. The number of para-hydroxylation sites is 1. The molecule has 5 nitrogen and oxygen atoms in total. The third kappa shape index (κ3) is 2.12. The summed E-state index contributed by atoms with van der Waals surface area (Å²) < 4.78 is 5.57. The molecule has 1 atom stereocenters. The van der Waals surface area contributed by atoms with Crippen molar-refractivity contribution in [2.45, 2.75) is 13.0 Å². The van der Waals surface area contributed by atoms with Crippen molar-refractivity contribution in [1.29, 1.82) is 0 Å². The van der Waals surface area contributed by atoms with Crippen LogP contribution in [0.3, 0.4) is 0 Å². The van der Waals surface area contributed by atoms with E-state index in [1.807, 2.05) is 11.4 Å². The molecular formula is C14H14N2O3S. The van der Waals surface area contributed by atoms with Gasteiger partial charge in [0, 0.05) is 11.6 Å². The molecule has 1 aromatic heterocycles. The SMILES string of the molecule is CC(c1nccs1)N1CCOc2c(C(=O)O)cccc21. The molecule has 6 heteroatoms. The first-order chi connectivity index (χ1) is 9.68. The Balaban J connectivity index is 2.02. The topological polar surface area (TPSA) is 62.7 Å². The lowest BCUT2D eigenvalue weighted by Crippen LogP contribution is -2.35. The standard InChI is InChI=1S/C14H14N2O3S/c1-9(13-15-5-8-20-13)16-6-7-19-12-10(14(17)18)3-2-4-11(12)16/h2-5,8-9H,6-7H2,1H3,(H,17,18). The zero-order valence-electron chi connectivity index (χ0n) is 10.9. The number of hydrogen-bond donors (Lipinski definition) is 1. The Bertz CT molecular complexity index is 627. The second kappa shape index (κ2) is 5.13. The van der Waals surface area contributed by atoms with Gasteiger partial charge in [0.15, 0.2) is 5.75 Å². The van der Waals surface area contributed by atoms with E-state index in [1.165, 1.54) is 0 Å². The molecule has 104 valence electrons. The molecule has 0 bridgehead atoms. The molecule has 1 unspecified atom stereocenters. The minimum Gasteiger partial charge on any atom is -0.489 e. The van der Waals surface area contributed by atoms with Crippen LogP contribution in [0.2, 0.25) is 0 Å². The van der Waals surface area contributed by atoms with Crippen molar-refractivity contribution in [2.75, 3.05) is 18.1 Å². The predicted molar refractivity (Wildman–Crippen MR) is 76.8 cm³/mol. The summed E-state index contributed by atoms with van der Waals surface area (Å²) in [5.74, 6) is -0.514. The average molecular weight is 290 g/mol. The molecule has 0 radical (unpaired) electrons. The Hall–Kier alpha value is -2.08. The predicted octanol–water partition coefficient (Wildman–Crippen LogP) is 2.80. The van der Waals surface area contributed by atoms with Gasteiger partial charge in [0.25, 0.3) is 0 Å². The first-order valence-corrected chi connectivity index (χ1v) is 7.21. The number of thiazole rings is 1.